The summed E-state index contributed by atoms with van der Waals surface area (Å²) in [5, 5.41) is 15.2. The highest BCUT2D eigenvalue weighted by Gasteiger charge is 2.22. The van der Waals surface area contributed by atoms with Crippen molar-refractivity contribution in [3.8, 4) is 0 Å². The summed E-state index contributed by atoms with van der Waals surface area (Å²) >= 11 is 5.32. The second-order valence-electron chi connectivity index (χ2n) is 6.03. The maximum atomic E-state index is 11.2. The van der Waals surface area contributed by atoms with Crippen LogP contribution in [0.3, 0.4) is 0 Å². The Balaban J connectivity index is 1.94. The molecule has 1 aliphatic heterocycles. The van der Waals surface area contributed by atoms with Crippen molar-refractivity contribution in [2.75, 3.05) is 11.6 Å². The zero-order chi connectivity index (χ0) is 18.0. The fourth-order valence-electron chi connectivity index (χ4n) is 2.49. The maximum Gasteiger partial charge on any atom is 0.335 e. The molecule has 0 aromatic heterocycles. The first-order chi connectivity index (χ1) is 12.0. The normalized spacial score (nSPS) is 14.3. The number of nitrogens with zero attached hydrogens (tertiary/aromatic N) is 2. The van der Waals surface area contributed by atoms with Crippen molar-refractivity contribution in [3.05, 3.63) is 65.2 Å². The number of carboxylic acid groups (broad SMARTS) is 1. The number of thiocarbonyl (C=S) groups is 1. The number of ether oxygens (including phenoxy) is 1. The van der Waals surface area contributed by atoms with Gasteiger partial charge in [-0.1, -0.05) is 44.3 Å². The number of hydrogen-bond acceptors (Lipinski definition) is 4. The van der Waals surface area contributed by atoms with Crippen molar-refractivity contribution in [1.82, 2.24) is 0 Å². The van der Waals surface area contributed by atoms with Crippen LogP contribution in [-0.4, -0.2) is 28.6 Å². The summed E-state index contributed by atoms with van der Waals surface area (Å²) in [4.78, 5) is 11.7. The van der Waals surface area contributed by atoms with Crippen molar-refractivity contribution in [1.29, 1.82) is 0 Å². The predicted octanol–water partition coefficient (Wildman–Crippen LogP) is 4.03. The molecule has 0 fully saturated rings. The second-order valence-corrected chi connectivity index (χ2v) is 6.50. The van der Waals surface area contributed by atoms with Crippen LogP contribution in [0.15, 0.2) is 53.6 Å². The highest BCUT2D eigenvalue weighted by atomic mass is 32.1. The topological polar surface area (TPSA) is 62.1 Å². The molecule has 0 saturated carbocycles. The molecule has 0 aliphatic carbocycles. The summed E-state index contributed by atoms with van der Waals surface area (Å²) < 4.78 is 5.66. The van der Waals surface area contributed by atoms with E-state index in [1.807, 2.05) is 24.3 Å². The molecule has 1 aliphatic rings. The standard InChI is InChI=1S/C19H18N2O3S/c1-12(2)13-6-8-14(9-7-13)18-20-21(17(25)11-24-18)16-5-3-4-15(10-16)19(22)23/h3-10,12H,11H2,1-2H3,(H,22,23). The van der Waals surface area contributed by atoms with Crippen molar-refractivity contribution in [2.24, 2.45) is 5.10 Å². The van der Waals surface area contributed by atoms with Gasteiger partial charge in [0.1, 0.15) is 11.6 Å². The summed E-state index contributed by atoms with van der Waals surface area (Å²) in [7, 11) is 0. The number of rotatable bonds is 4. The fourth-order valence-corrected chi connectivity index (χ4v) is 2.70. The zero-order valence-corrected chi connectivity index (χ0v) is 14.8. The van der Waals surface area contributed by atoms with Gasteiger partial charge in [-0.25, -0.2) is 9.80 Å². The van der Waals surface area contributed by atoms with E-state index >= 15 is 0 Å². The van der Waals surface area contributed by atoms with E-state index in [1.54, 1.807) is 23.2 Å². The van der Waals surface area contributed by atoms with Crippen LogP contribution in [0.25, 0.3) is 0 Å². The lowest BCUT2D eigenvalue weighted by Gasteiger charge is -2.26. The van der Waals surface area contributed by atoms with E-state index in [2.05, 4.69) is 18.9 Å². The van der Waals surface area contributed by atoms with Crippen LogP contribution in [0.5, 0.6) is 0 Å². The highest BCUT2D eigenvalue weighted by molar-refractivity contribution is 7.80. The average Bonchev–Trinajstić information content (AvgIpc) is 2.62. The Hall–Kier alpha value is -2.73. The van der Waals surface area contributed by atoms with E-state index in [0.717, 1.165) is 5.56 Å². The number of carboxylic acids is 1. The van der Waals surface area contributed by atoms with E-state index < -0.39 is 5.97 Å². The molecule has 1 heterocycles. The number of anilines is 1. The molecule has 25 heavy (non-hydrogen) atoms. The van der Waals surface area contributed by atoms with Crippen LogP contribution in [0.2, 0.25) is 0 Å². The SMILES string of the molecule is CC(C)c1ccc(C2=NN(c3cccc(C(=O)O)c3)C(=S)CO2)cc1. The molecule has 1 N–H and O–H groups in total. The van der Waals surface area contributed by atoms with Crippen molar-refractivity contribution in [2.45, 2.75) is 19.8 Å². The predicted molar refractivity (Wildman–Crippen MR) is 101 cm³/mol. The van der Waals surface area contributed by atoms with Gasteiger partial charge in [0.15, 0.2) is 0 Å². The van der Waals surface area contributed by atoms with Gasteiger partial charge >= 0.3 is 5.97 Å². The molecule has 0 amide bonds. The van der Waals surface area contributed by atoms with Gasteiger partial charge in [0, 0.05) is 5.56 Å². The summed E-state index contributed by atoms with van der Waals surface area (Å²) in [6.07, 6.45) is 0. The minimum absolute atomic E-state index is 0.185. The van der Waals surface area contributed by atoms with Gasteiger partial charge in [0.25, 0.3) is 0 Å². The molecule has 128 valence electrons. The van der Waals surface area contributed by atoms with Crippen molar-refractivity contribution < 1.29 is 14.6 Å². The lowest BCUT2D eigenvalue weighted by molar-refractivity contribution is 0.0697. The van der Waals surface area contributed by atoms with E-state index in [0.29, 0.717) is 22.5 Å². The molecule has 2 aromatic carbocycles. The fraction of sp³-hybridized carbons (Fsp3) is 0.211. The molecular formula is C19H18N2O3S. The molecule has 0 unspecified atom stereocenters. The van der Waals surface area contributed by atoms with Crippen LogP contribution in [0.4, 0.5) is 5.69 Å². The van der Waals surface area contributed by atoms with Gasteiger partial charge in [-0.15, -0.1) is 5.10 Å². The average molecular weight is 354 g/mol. The number of benzene rings is 2. The molecule has 6 heteroatoms. The Bertz CT molecular complexity index is 844. The van der Waals surface area contributed by atoms with Gasteiger partial charge in [-0.3, -0.25) is 0 Å². The highest BCUT2D eigenvalue weighted by Crippen LogP contribution is 2.22. The molecule has 0 bridgehead atoms. The van der Waals surface area contributed by atoms with Gasteiger partial charge in [-0.05, 0) is 41.8 Å². The molecule has 0 radical (unpaired) electrons. The van der Waals surface area contributed by atoms with E-state index in [1.165, 1.54) is 11.6 Å². The summed E-state index contributed by atoms with van der Waals surface area (Å²) in [6.45, 7) is 4.50. The third-order valence-corrected chi connectivity index (χ3v) is 4.21. The molecule has 3 rings (SSSR count). The third kappa shape index (κ3) is 3.69. The van der Waals surface area contributed by atoms with Crippen LogP contribution < -0.4 is 5.01 Å². The Morgan fingerprint density at radius 2 is 1.96 bits per heavy atom. The first-order valence-electron chi connectivity index (χ1n) is 7.94. The number of aromatic carboxylic acids is 1. The quantitative estimate of drug-likeness (QED) is 0.840. The van der Waals surface area contributed by atoms with Crippen molar-refractivity contribution >= 4 is 34.8 Å². The molecule has 5 nitrogen and oxygen atoms in total. The van der Waals surface area contributed by atoms with Crippen LogP contribution in [0, 0.1) is 0 Å². The molecule has 0 saturated heterocycles. The van der Waals surface area contributed by atoms with E-state index in [4.69, 9.17) is 22.1 Å². The Kier molecular flexibility index (Phi) is 4.81. The Morgan fingerprint density at radius 3 is 2.60 bits per heavy atom. The van der Waals surface area contributed by atoms with E-state index in [-0.39, 0.29) is 12.2 Å². The van der Waals surface area contributed by atoms with Gasteiger partial charge in [0.2, 0.25) is 5.90 Å². The van der Waals surface area contributed by atoms with Gasteiger partial charge in [-0.2, -0.15) is 0 Å². The minimum atomic E-state index is -0.991. The Labute approximate surface area is 151 Å². The molecule has 0 atom stereocenters. The summed E-state index contributed by atoms with van der Waals surface area (Å²) in [5.41, 5.74) is 2.88. The maximum absolute atomic E-state index is 11.2. The molecule has 2 aromatic rings. The Morgan fingerprint density at radius 1 is 1.24 bits per heavy atom. The van der Waals surface area contributed by atoms with Crippen molar-refractivity contribution in [3.63, 3.8) is 0 Å². The smallest absolute Gasteiger partial charge is 0.335 e. The number of carbonyl (C=O) groups is 1. The number of hydrazone groups is 1. The monoisotopic (exact) mass is 354 g/mol. The minimum Gasteiger partial charge on any atom is -0.478 e. The second kappa shape index (κ2) is 7.03. The third-order valence-electron chi connectivity index (χ3n) is 3.92. The lowest BCUT2D eigenvalue weighted by Crippen LogP contribution is -2.35. The molecular weight excluding hydrogens is 336 g/mol. The van der Waals surface area contributed by atoms with Crippen LogP contribution >= 0.6 is 12.2 Å². The summed E-state index contributed by atoms with van der Waals surface area (Å²) in [5.74, 6) is -0.0785. The van der Waals surface area contributed by atoms with E-state index in [9.17, 15) is 4.79 Å². The van der Waals surface area contributed by atoms with Crippen LogP contribution in [0.1, 0.15) is 41.3 Å². The van der Waals surface area contributed by atoms with Gasteiger partial charge < -0.3 is 9.84 Å². The molecule has 0 spiro atoms. The first kappa shape index (κ1) is 17.1. The largest absolute Gasteiger partial charge is 0.478 e. The zero-order valence-electron chi connectivity index (χ0n) is 14.0. The summed E-state index contributed by atoms with van der Waals surface area (Å²) in [6, 6.07) is 14.6. The number of hydrogen-bond donors (Lipinski definition) is 1. The van der Waals surface area contributed by atoms with Gasteiger partial charge in [0.05, 0.1) is 11.3 Å². The first-order valence-corrected chi connectivity index (χ1v) is 8.34. The lowest BCUT2D eigenvalue weighted by atomic mass is 10.0. The van der Waals surface area contributed by atoms with Crippen LogP contribution in [-0.2, 0) is 4.74 Å².